The molecule has 2 aromatic rings. The summed E-state index contributed by atoms with van der Waals surface area (Å²) < 4.78 is 1.94. The largest absolute Gasteiger partial charge is 0.396 e. The minimum absolute atomic E-state index is 0.119. The summed E-state index contributed by atoms with van der Waals surface area (Å²) in [6.45, 7) is 4.31. The van der Waals surface area contributed by atoms with E-state index in [-0.39, 0.29) is 6.61 Å². The summed E-state index contributed by atoms with van der Waals surface area (Å²) in [5.74, 6) is 0.788. The molecule has 4 nitrogen and oxygen atoms in total. The van der Waals surface area contributed by atoms with Gasteiger partial charge < -0.3 is 5.11 Å². The Bertz CT molecular complexity index is 616. The molecule has 0 saturated heterocycles. The first-order chi connectivity index (χ1) is 10.0. The van der Waals surface area contributed by atoms with Gasteiger partial charge in [0.1, 0.15) is 5.82 Å². The number of aliphatic hydroxyl groups excluding tert-OH is 1. The van der Waals surface area contributed by atoms with Gasteiger partial charge >= 0.3 is 0 Å². The first kappa shape index (κ1) is 16.6. The molecule has 114 valence electrons. The van der Waals surface area contributed by atoms with Crippen LogP contribution in [-0.4, -0.2) is 31.7 Å². The quantitative estimate of drug-likeness (QED) is 0.804. The van der Waals surface area contributed by atoms with Crippen molar-refractivity contribution in [2.24, 2.45) is 0 Å². The summed E-state index contributed by atoms with van der Waals surface area (Å²) in [5, 5.41) is 19.8. The smallest absolute Gasteiger partial charge is 0.196 e. The Morgan fingerprint density at radius 1 is 1.29 bits per heavy atom. The summed E-state index contributed by atoms with van der Waals surface area (Å²) in [6.07, 6.45) is 1.27. The van der Waals surface area contributed by atoms with Crippen molar-refractivity contribution >= 4 is 35.0 Å². The van der Waals surface area contributed by atoms with E-state index in [0.717, 1.165) is 16.7 Å². The fourth-order valence-corrected chi connectivity index (χ4v) is 3.20. The highest BCUT2D eigenvalue weighted by atomic mass is 35.5. The fraction of sp³-hybridized carbons (Fsp3) is 0.429. The third-order valence-corrected chi connectivity index (χ3v) is 4.23. The maximum atomic E-state index is 9.03. The SMILES string of the molecule is CC(C)Sc1nnc(CCCO)n1-c1ccc(Cl)cc1Cl. The summed E-state index contributed by atoms with van der Waals surface area (Å²) >= 11 is 13.9. The number of aromatic nitrogens is 3. The van der Waals surface area contributed by atoms with Crippen LogP contribution >= 0.6 is 35.0 Å². The van der Waals surface area contributed by atoms with Gasteiger partial charge in [-0.15, -0.1) is 10.2 Å². The Morgan fingerprint density at radius 3 is 2.67 bits per heavy atom. The van der Waals surface area contributed by atoms with Crippen LogP contribution in [0.5, 0.6) is 0 Å². The van der Waals surface area contributed by atoms with Crippen LogP contribution in [0, 0.1) is 0 Å². The molecule has 7 heteroatoms. The zero-order valence-electron chi connectivity index (χ0n) is 11.9. The molecule has 0 atom stereocenters. The van der Waals surface area contributed by atoms with Gasteiger partial charge in [-0.1, -0.05) is 48.8 Å². The number of aliphatic hydroxyl groups is 1. The minimum atomic E-state index is 0.119. The molecule has 0 aliphatic rings. The fourth-order valence-electron chi connectivity index (χ4n) is 1.89. The number of hydrogen-bond donors (Lipinski definition) is 1. The van der Waals surface area contributed by atoms with Crippen LogP contribution in [-0.2, 0) is 6.42 Å². The second-order valence-electron chi connectivity index (χ2n) is 4.82. The third kappa shape index (κ3) is 4.13. The standard InChI is InChI=1S/C14H17Cl2N3OS/c1-9(2)21-14-18-17-13(4-3-7-20)19(14)12-6-5-10(15)8-11(12)16/h5-6,8-9,20H,3-4,7H2,1-2H3. The lowest BCUT2D eigenvalue weighted by atomic mass is 10.2. The van der Waals surface area contributed by atoms with Crippen molar-refractivity contribution < 1.29 is 5.11 Å². The van der Waals surface area contributed by atoms with Crippen LogP contribution in [0.2, 0.25) is 10.0 Å². The molecule has 21 heavy (non-hydrogen) atoms. The van der Waals surface area contributed by atoms with Gasteiger partial charge in [-0.25, -0.2) is 0 Å². The number of rotatable bonds is 6. The molecule has 0 unspecified atom stereocenters. The summed E-state index contributed by atoms with van der Waals surface area (Å²) in [4.78, 5) is 0. The Balaban J connectivity index is 2.48. The molecule has 1 N–H and O–H groups in total. The minimum Gasteiger partial charge on any atom is -0.396 e. The normalized spacial score (nSPS) is 11.3. The van der Waals surface area contributed by atoms with Gasteiger partial charge in [0.2, 0.25) is 0 Å². The van der Waals surface area contributed by atoms with Crippen LogP contribution in [0.4, 0.5) is 0 Å². The highest BCUT2D eigenvalue weighted by molar-refractivity contribution is 7.99. The lowest BCUT2D eigenvalue weighted by Gasteiger charge is -2.13. The molecule has 0 amide bonds. The highest BCUT2D eigenvalue weighted by Gasteiger charge is 2.17. The van der Waals surface area contributed by atoms with Crippen molar-refractivity contribution in [3.8, 4) is 5.69 Å². The van der Waals surface area contributed by atoms with Crippen LogP contribution in [0.15, 0.2) is 23.4 Å². The van der Waals surface area contributed by atoms with E-state index in [1.165, 1.54) is 0 Å². The predicted octanol–water partition coefficient (Wildman–Crippen LogP) is 4.00. The molecule has 2 rings (SSSR count). The molecule has 1 heterocycles. The van der Waals surface area contributed by atoms with E-state index >= 15 is 0 Å². The van der Waals surface area contributed by atoms with E-state index in [1.54, 1.807) is 23.9 Å². The highest BCUT2D eigenvalue weighted by Crippen LogP contribution is 2.31. The third-order valence-electron chi connectivity index (χ3n) is 2.75. The second-order valence-corrected chi connectivity index (χ2v) is 7.21. The molecule has 0 saturated carbocycles. The topological polar surface area (TPSA) is 50.9 Å². The molecular weight excluding hydrogens is 329 g/mol. The predicted molar refractivity (Wildman–Crippen MR) is 87.8 cm³/mol. The van der Waals surface area contributed by atoms with E-state index in [0.29, 0.717) is 28.1 Å². The van der Waals surface area contributed by atoms with E-state index in [1.807, 2.05) is 10.6 Å². The van der Waals surface area contributed by atoms with Crippen LogP contribution in [0.1, 0.15) is 26.1 Å². The number of aryl methyl sites for hydroxylation is 1. The molecule has 0 bridgehead atoms. The maximum absolute atomic E-state index is 9.03. The number of hydrogen-bond acceptors (Lipinski definition) is 4. The molecular formula is C14H17Cl2N3OS. The van der Waals surface area contributed by atoms with Crippen molar-refractivity contribution in [2.75, 3.05) is 6.61 Å². The van der Waals surface area contributed by atoms with Gasteiger partial charge in [0.25, 0.3) is 0 Å². The summed E-state index contributed by atoms with van der Waals surface area (Å²) in [5.41, 5.74) is 0.808. The molecule has 0 aliphatic carbocycles. The number of nitrogens with zero attached hydrogens (tertiary/aromatic N) is 3. The van der Waals surface area contributed by atoms with Gasteiger partial charge in [0.15, 0.2) is 5.16 Å². The van der Waals surface area contributed by atoms with Crippen LogP contribution in [0.3, 0.4) is 0 Å². The Kier molecular flexibility index (Phi) is 5.93. The average Bonchev–Trinajstić information content (AvgIpc) is 2.78. The van der Waals surface area contributed by atoms with Crippen LogP contribution < -0.4 is 0 Å². The van der Waals surface area contributed by atoms with E-state index in [9.17, 15) is 0 Å². The van der Waals surface area contributed by atoms with E-state index in [4.69, 9.17) is 28.3 Å². The van der Waals surface area contributed by atoms with Gasteiger partial charge in [-0.05, 0) is 24.6 Å². The lowest BCUT2D eigenvalue weighted by Crippen LogP contribution is -2.05. The Morgan fingerprint density at radius 2 is 2.05 bits per heavy atom. The van der Waals surface area contributed by atoms with Crippen molar-refractivity contribution in [2.45, 2.75) is 37.1 Å². The van der Waals surface area contributed by atoms with Gasteiger partial charge in [0, 0.05) is 23.3 Å². The van der Waals surface area contributed by atoms with E-state index in [2.05, 4.69) is 24.0 Å². The van der Waals surface area contributed by atoms with Gasteiger partial charge in [-0.2, -0.15) is 0 Å². The molecule has 1 aromatic heterocycles. The number of thioether (sulfide) groups is 1. The van der Waals surface area contributed by atoms with E-state index < -0.39 is 0 Å². The van der Waals surface area contributed by atoms with Crippen LogP contribution in [0.25, 0.3) is 5.69 Å². The monoisotopic (exact) mass is 345 g/mol. The average molecular weight is 346 g/mol. The van der Waals surface area contributed by atoms with Crippen molar-refractivity contribution in [1.82, 2.24) is 14.8 Å². The first-order valence-corrected chi connectivity index (χ1v) is 8.33. The lowest BCUT2D eigenvalue weighted by molar-refractivity contribution is 0.287. The maximum Gasteiger partial charge on any atom is 0.196 e. The van der Waals surface area contributed by atoms with Gasteiger partial charge in [-0.3, -0.25) is 4.57 Å². The zero-order chi connectivity index (χ0) is 15.4. The van der Waals surface area contributed by atoms with Crippen molar-refractivity contribution in [3.63, 3.8) is 0 Å². The summed E-state index contributed by atoms with van der Waals surface area (Å²) in [7, 11) is 0. The zero-order valence-corrected chi connectivity index (χ0v) is 14.2. The molecule has 1 aromatic carbocycles. The molecule has 0 aliphatic heterocycles. The Hall–Kier alpha value is -0.750. The summed E-state index contributed by atoms with van der Waals surface area (Å²) in [6, 6.07) is 5.36. The molecule has 0 radical (unpaired) electrons. The van der Waals surface area contributed by atoms with Crippen molar-refractivity contribution in [1.29, 1.82) is 0 Å². The second kappa shape index (κ2) is 7.49. The Labute approximate surface area is 138 Å². The number of halogens is 2. The number of benzene rings is 1. The first-order valence-electron chi connectivity index (χ1n) is 6.70. The van der Waals surface area contributed by atoms with Gasteiger partial charge in [0.05, 0.1) is 10.7 Å². The molecule has 0 spiro atoms. The van der Waals surface area contributed by atoms with Crippen molar-refractivity contribution in [3.05, 3.63) is 34.1 Å². The molecule has 0 fully saturated rings.